The number of ether oxygens (including phenoxy) is 2. The molecule has 0 bridgehead atoms. The third-order valence-electron chi connectivity index (χ3n) is 8.15. The standard InChI is InChI=1S/C33H39N5O3/c1-21-17-35-31-27(21)15-24(18-36-31)23-13-22-9-12-37(26-8-10-34-25(16-26)20-40-5)19-29(22)28(14-23)30-7-6-11-38(30)32(39)41-33(2,3)4/h8,10,13-18,30H,6-7,9,11-12,19-20H2,1-5H3,(H,35,36). The Labute approximate surface area is 241 Å². The lowest BCUT2D eigenvalue weighted by Gasteiger charge is -2.36. The molecule has 4 aromatic rings. The SMILES string of the molecule is COCc1cc(N2CCc3cc(-c4cnc5[nH]cc(C)c5c4)cc(C4CCCN4C(=O)OC(C)(C)C)c3C2)ccn1. The Morgan fingerprint density at radius 1 is 1.12 bits per heavy atom. The maximum Gasteiger partial charge on any atom is 0.410 e. The van der Waals surface area contributed by atoms with Gasteiger partial charge in [-0.1, -0.05) is 6.07 Å². The monoisotopic (exact) mass is 553 g/mol. The van der Waals surface area contributed by atoms with Gasteiger partial charge < -0.3 is 24.3 Å². The number of rotatable bonds is 5. The first kappa shape index (κ1) is 27.3. The zero-order chi connectivity index (χ0) is 28.7. The van der Waals surface area contributed by atoms with E-state index in [-0.39, 0.29) is 12.1 Å². The van der Waals surface area contributed by atoms with Crippen LogP contribution in [-0.4, -0.2) is 51.7 Å². The van der Waals surface area contributed by atoms with Crippen LogP contribution in [0.15, 0.2) is 48.9 Å². The van der Waals surface area contributed by atoms with Crippen molar-refractivity contribution in [1.82, 2.24) is 19.9 Å². The highest BCUT2D eigenvalue weighted by Crippen LogP contribution is 2.41. The average molecular weight is 554 g/mol. The van der Waals surface area contributed by atoms with Gasteiger partial charge in [-0.3, -0.25) is 4.98 Å². The molecule has 8 nitrogen and oxygen atoms in total. The van der Waals surface area contributed by atoms with E-state index >= 15 is 0 Å². The number of fused-ring (bicyclic) bond motifs is 2. The van der Waals surface area contributed by atoms with E-state index in [0.717, 1.165) is 65.9 Å². The average Bonchev–Trinajstić information content (AvgIpc) is 3.59. The zero-order valence-corrected chi connectivity index (χ0v) is 24.7. The molecule has 8 heteroatoms. The van der Waals surface area contributed by atoms with Crippen LogP contribution in [0.5, 0.6) is 0 Å². The molecule has 0 spiro atoms. The van der Waals surface area contributed by atoms with Crippen molar-refractivity contribution in [1.29, 1.82) is 0 Å². The number of aromatic amines is 1. The Morgan fingerprint density at radius 3 is 2.78 bits per heavy atom. The molecule has 1 N–H and O–H groups in total. The van der Waals surface area contributed by atoms with E-state index in [4.69, 9.17) is 14.5 Å². The lowest BCUT2D eigenvalue weighted by molar-refractivity contribution is 0.0224. The second-order valence-corrected chi connectivity index (χ2v) is 12.2. The summed E-state index contributed by atoms with van der Waals surface area (Å²) in [5.41, 5.74) is 9.68. The van der Waals surface area contributed by atoms with Gasteiger partial charge in [0.1, 0.15) is 11.2 Å². The van der Waals surface area contributed by atoms with Gasteiger partial charge in [-0.25, -0.2) is 9.78 Å². The number of hydrogen-bond acceptors (Lipinski definition) is 6. The number of aryl methyl sites for hydroxylation is 1. The third kappa shape index (κ3) is 5.53. The van der Waals surface area contributed by atoms with E-state index in [1.807, 2.05) is 44.3 Å². The maximum atomic E-state index is 13.4. The molecule has 1 amide bonds. The lowest BCUT2D eigenvalue weighted by Crippen LogP contribution is -2.37. The van der Waals surface area contributed by atoms with E-state index in [1.165, 1.54) is 22.3 Å². The van der Waals surface area contributed by atoms with Crippen LogP contribution < -0.4 is 4.90 Å². The number of carbonyl (C=O) groups excluding carboxylic acids is 1. The summed E-state index contributed by atoms with van der Waals surface area (Å²) < 4.78 is 11.2. The summed E-state index contributed by atoms with van der Waals surface area (Å²) in [5.74, 6) is 0. The highest BCUT2D eigenvalue weighted by Gasteiger charge is 2.36. The van der Waals surface area contributed by atoms with Gasteiger partial charge in [0.15, 0.2) is 0 Å². The van der Waals surface area contributed by atoms with Crippen molar-refractivity contribution >= 4 is 22.8 Å². The summed E-state index contributed by atoms with van der Waals surface area (Å²) in [4.78, 5) is 30.1. The van der Waals surface area contributed by atoms with Gasteiger partial charge in [0.05, 0.1) is 18.3 Å². The second-order valence-electron chi connectivity index (χ2n) is 12.2. The summed E-state index contributed by atoms with van der Waals surface area (Å²) >= 11 is 0. The number of anilines is 1. The molecule has 1 atom stereocenters. The highest BCUT2D eigenvalue weighted by molar-refractivity contribution is 5.84. The van der Waals surface area contributed by atoms with E-state index in [0.29, 0.717) is 13.2 Å². The number of benzene rings is 1. The quantitative estimate of drug-likeness (QED) is 0.296. The lowest BCUT2D eigenvalue weighted by atomic mass is 9.86. The molecule has 5 heterocycles. The van der Waals surface area contributed by atoms with Gasteiger partial charge in [-0.15, -0.1) is 0 Å². The number of amides is 1. The molecule has 1 fully saturated rings. The molecule has 2 aliphatic rings. The van der Waals surface area contributed by atoms with Gasteiger partial charge in [-0.05, 0) is 99.0 Å². The molecule has 1 aromatic carbocycles. The summed E-state index contributed by atoms with van der Waals surface area (Å²) in [6, 6.07) is 11.0. The molecule has 6 rings (SSSR count). The number of carbonyl (C=O) groups is 1. The number of nitrogens with one attached hydrogen (secondary N) is 1. The first-order chi connectivity index (χ1) is 19.7. The van der Waals surface area contributed by atoms with Crippen molar-refractivity contribution in [3.8, 4) is 11.1 Å². The maximum absolute atomic E-state index is 13.4. The molecule has 3 aromatic heterocycles. The van der Waals surface area contributed by atoms with Crippen molar-refractivity contribution in [2.75, 3.05) is 25.1 Å². The molecule has 0 radical (unpaired) electrons. The summed E-state index contributed by atoms with van der Waals surface area (Å²) in [6.45, 7) is 10.7. The van der Waals surface area contributed by atoms with Crippen molar-refractivity contribution in [3.05, 3.63) is 76.9 Å². The van der Waals surface area contributed by atoms with Gasteiger partial charge in [-0.2, -0.15) is 0 Å². The van der Waals surface area contributed by atoms with Crippen molar-refractivity contribution in [2.45, 2.75) is 71.8 Å². The van der Waals surface area contributed by atoms with Gasteiger partial charge in [0, 0.05) is 62.0 Å². The molecule has 0 saturated carbocycles. The summed E-state index contributed by atoms with van der Waals surface area (Å²) in [7, 11) is 1.69. The van der Waals surface area contributed by atoms with Crippen molar-refractivity contribution < 1.29 is 14.3 Å². The normalized spacial score (nSPS) is 17.2. The topological polar surface area (TPSA) is 83.6 Å². The predicted molar refractivity (Wildman–Crippen MR) is 161 cm³/mol. The van der Waals surface area contributed by atoms with Gasteiger partial charge >= 0.3 is 6.09 Å². The molecule has 2 aliphatic heterocycles. The van der Waals surface area contributed by atoms with Crippen LogP contribution in [0, 0.1) is 6.92 Å². The van der Waals surface area contributed by atoms with Crippen LogP contribution in [0.2, 0.25) is 0 Å². The number of hydrogen-bond donors (Lipinski definition) is 1. The Hall–Kier alpha value is -3.91. The Kier molecular flexibility index (Phi) is 7.20. The highest BCUT2D eigenvalue weighted by atomic mass is 16.6. The first-order valence-corrected chi connectivity index (χ1v) is 14.5. The van der Waals surface area contributed by atoms with E-state index in [1.54, 1.807) is 7.11 Å². The van der Waals surface area contributed by atoms with Crippen LogP contribution in [0.4, 0.5) is 10.5 Å². The van der Waals surface area contributed by atoms with E-state index < -0.39 is 5.60 Å². The number of pyridine rings is 2. The third-order valence-corrected chi connectivity index (χ3v) is 8.15. The molecule has 1 unspecified atom stereocenters. The molecule has 41 heavy (non-hydrogen) atoms. The van der Waals surface area contributed by atoms with Crippen LogP contribution >= 0.6 is 0 Å². The molecule has 1 saturated heterocycles. The minimum absolute atomic E-state index is 0.0364. The fourth-order valence-electron chi connectivity index (χ4n) is 6.19. The van der Waals surface area contributed by atoms with Crippen molar-refractivity contribution in [3.63, 3.8) is 0 Å². The van der Waals surface area contributed by atoms with E-state index in [9.17, 15) is 4.79 Å². The summed E-state index contributed by atoms with van der Waals surface area (Å²) in [5, 5.41) is 1.13. The number of likely N-dealkylation sites (tertiary alicyclic amines) is 1. The number of methoxy groups -OCH3 is 1. The predicted octanol–water partition coefficient (Wildman–Crippen LogP) is 6.71. The number of aromatic nitrogens is 3. The minimum atomic E-state index is -0.543. The Bertz CT molecular complexity index is 1590. The van der Waals surface area contributed by atoms with Crippen LogP contribution in [0.1, 0.15) is 67.6 Å². The first-order valence-electron chi connectivity index (χ1n) is 14.5. The largest absolute Gasteiger partial charge is 0.444 e. The van der Waals surface area contributed by atoms with Crippen LogP contribution in [0.25, 0.3) is 22.2 Å². The molecule has 0 aliphatic carbocycles. The van der Waals surface area contributed by atoms with Crippen molar-refractivity contribution in [2.24, 2.45) is 0 Å². The molecular weight excluding hydrogens is 514 g/mol. The zero-order valence-electron chi connectivity index (χ0n) is 24.7. The smallest absolute Gasteiger partial charge is 0.410 e. The second kappa shape index (κ2) is 10.8. The minimum Gasteiger partial charge on any atom is -0.444 e. The summed E-state index contributed by atoms with van der Waals surface area (Å²) in [6.07, 6.45) is 8.35. The number of nitrogens with zero attached hydrogens (tertiary/aromatic N) is 4. The molecular formula is C33H39N5O3. The fourth-order valence-corrected chi connectivity index (χ4v) is 6.19. The van der Waals surface area contributed by atoms with Gasteiger partial charge in [0.25, 0.3) is 0 Å². The van der Waals surface area contributed by atoms with E-state index in [2.05, 4.69) is 52.1 Å². The van der Waals surface area contributed by atoms with Crippen LogP contribution in [-0.2, 0) is 29.0 Å². The Morgan fingerprint density at radius 2 is 1.98 bits per heavy atom. The molecule has 214 valence electrons. The fraction of sp³-hybridized carbons (Fsp3) is 0.424. The van der Waals surface area contributed by atoms with Crippen LogP contribution in [0.3, 0.4) is 0 Å². The number of H-pyrrole nitrogens is 1. The van der Waals surface area contributed by atoms with Gasteiger partial charge in [0.2, 0.25) is 0 Å². The Balaban J connectivity index is 1.43.